The maximum atomic E-state index is 12.8. The molecule has 2 fully saturated rings. The second-order valence-corrected chi connectivity index (χ2v) is 9.88. The van der Waals surface area contributed by atoms with Crippen molar-refractivity contribution >= 4 is 58.2 Å². The molecule has 0 spiro atoms. The number of carboxylic acids is 1. The fourth-order valence-electron chi connectivity index (χ4n) is 3.93. The Labute approximate surface area is 208 Å². The minimum Gasteiger partial charge on any atom is -0.477 e. The van der Waals surface area contributed by atoms with E-state index in [4.69, 9.17) is 14.5 Å². The number of hydrogen-bond donors (Lipinski definition) is 2. The molecule has 0 bridgehead atoms. The number of aliphatic carboxylic acids is 1. The van der Waals surface area contributed by atoms with E-state index in [1.54, 1.807) is 5.38 Å². The van der Waals surface area contributed by atoms with Gasteiger partial charge in [0.05, 0.1) is 30.7 Å². The largest absolute Gasteiger partial charge is 0.477 e. The number of amides is 2. The number of fused-ring (bicyclic) bond motifs is 1. The van der Waals surface area contributed by atoms with E-state index < -0.39 is 34.7 Å². The van der Waals surface area contributed by atoms with Crippen LogP contribution in [-0.2, 0) is 38.4 Å². The second kappa shape index (κ2) is 10.2. The summed E-state index contributed by atoms with van der Waals surface area (Å²) in [6.07, 6.45) is 0.978. The normalized spacial score (nSPS) is 24.2. The van der Waals surface area contributed by atoms with Gasteiger partial charge in [0, 0.05) is 31.0 Å². The Morgan fingerprint density at radius 2 is 2.14 bits per heavy atom. The van der Waals surface area contributed by atoms with E-state index in [9.17, 15) is 24.3 Å². The minimum atomic E-state index is -1.55. The molecule has 2 saturated heterocycles. The predicted octanol–water partition coefficient (Wildman–Crippen LogP) is 0.0879. The number of aromatic nitrogens is 1. The zero-order valence-electron chi connectivity index (χ0n) is 18.9. The molecule has 35 heavy (non-hydrogen) atoms. The number of oxime groups is 1. The van der Waals surface area contributed by atoms with E-state index >= 15 is 0 Å². The van der Waals surface area contributed by atoms with Gasteiger partial charge in [0.1, 0.15) is 25.6 Å². The molecule has 3 aliphatic heterocycles. The van der Waals surface area contributed by atoms with E-state index in [2.05, 4.69) is 15.3 Å². The molecule has 0 aromatic carbocycles. The van der Waals surface area contributed by atoms with Crippen molar-refractivity contribution in [1.29, 1.82) is 0 Å². The number of carboxylic acid groups (broad SMARTS) is 1. The molecule has 2 N–H and O–H groups in total. The van der Waals surface area contributed by atoms with Crippen LogP contribution in [0.3, 0.4) is 0 Å². The van der Waals surface area contributed by atoms with Gasteiger partial charge in [0.2, 0.25) is 5.91 Å². The van der Waals surface area contributed by atoms with Crippen molar-refractivity contribution in [3.8, 4) is 0 Å². The number of thioether (sulfide) groups is 1. The molecule has 1 aromatic heterocycles. The third kappa shape index (κ3) is 4.83. The molecule has 0 radical (unpaired) electrons. The van der Waals surface area contributed by atoms with Crippen molar-refractivity contribution < 1.29 is 38.6 Å². The first kappa shape index (κ1) is 24.9. The summed E-state index contributed by atoms with van der Waals surface area (Å²) in [5.74, 6) is -3.12. The summed E-state index contributed by atoms with van der Waals surface area (Å²) in [6, 6.07) is 0. The summed E-state index contributed by atoms with van der Waals surface area (Å²) >= 11 is 2.48. The quantitative estimate of drug-likeness (QED) is 0.205. The zero-order chi connectivity index (χ0) is 25.2. The summed E-state index contributed by atoms with van der Waals surface area (Å²) in [7, 11) is 1.27. The van der Waals surface area contributed by atoms with Gasteiger partial charge in [-0.25, -0.2) is 9.78 Å². The molecule has 2 atom stereocenters. The minimum absolute atomic E-state index is 0.00694. The zero-order valence-corrected chi connectivity index (χ0v) is 20.5. The highest BCUT2D eigenvalue weighted by atomic mass is 32.2. The smallest absolute Gasteiger partial charge is 0.352 e. The number of β-lactam (4-membered cyclic amide) rings is 1. The number of carbonyl (C=O) groups excluding carboxylic acids is 3. The van der Waals surface area contributed by atoms with Crippen LogP contribution in [0.15, 0.2) is 21.8 Å². The molecule has 15 heteroatoms. The molecule has 188 valence electrons. The van der Waals surface area contributed by atoms with Gasteiger partial charge in [-0.3, -0.25) is 19.3 Å². The lowest BCUT2D eigenvalue weighted by atomic mass is 9.97. The van der Waals surface area contributed by atoms with Crippen molar-refractivity contribution in [3.05, 3.63) is 22.3 Å². The lowest BCUT2D eigenvalue weighted by Gasteiger charge is -2.51. The van der Waals surface area contributed by atoms with Crippen molar-refractivity contribution in [1.82, 2.24) is 15.2 Å². The highest BCUT2D eigenvalue weighted by molar-refractivity contribution is 8.01. The summed E-state index contributed by atoms with van der Waals surface area (Å²) in [5, 5.41) is 18.2. The van der Waals surface area contributed by atoms with E-state index in [1.165, 1.54) is 25.4 Å². The molecule has 0 aliphatic carbocycles. The van der Waals surface area contributed by atoms with Crippen LogP contribution in [0, 0.1) is 0 Å². The summed E-state index contributed by atoms with van der Waals surface area (Å²) < 4.78 is 10.6. The number of thiazole rings is 1. The lowest BCUT2D eigenvalue weighted by Crippen LogP contribution is -2.61. The van der Waals surface area contributed by atoms with Gasteiger partial charge in [-0.15, -0.1) is 11.3 Å². The highest BCUT2D eigenvalue weighted by Crippen LogP contribution is 2.54. The van der Waals surface area contributed by atoms with E-state index in [0.717, 1.165) is 22.9 Å². The fourth-order valence-corrected chi connectivity index (χ4v) is 6.58. The first-order valence-electron chi connectivity index (χ1n) is 10.5. The van der Waals surface area contributed by atoms with Crippen LogP contribution in [0.4, 0.5) is 5.13 Å². The van der Waals surface area contributed by atoms with Crippen LogP contribution in [-0.4, -0.2) is 90.4 Å². The fraction of sp³-hybridized carbons (Fsp3) is 0.500. The third-order valence-corrected chi connectivity index (χ3v) is 7.96. The molecule has 4 heterocycles. The Hall–Kier alpha value is -3.17. The number of rotatable bonds is 8. The Morgan fingerprint density at radius 3 is 2.77 bits per heavy atom. The number of morpholine rings is 1. The molecule has 0 saturated carbocycles. The highest BCUT2D eigenvalue weighted by Gasteiger charge is 2.57. The van der Waals surface area contributed by atoms with Gasteiger partial charge < -0.3 is 29.6 Å². The van der Waals surface area contributed by atoms with Gasteiger partial charge in [-0.1, -0.05) is 16.9 Å². The van der Waals surface area contributed by atoms with E-state index in [-0.39, 0.29) is 23.6 Å². The molecule has 2 amide bonds. The summed E-state index contributed by atoms with van der Waals surface area (Å²) in [5.41, 5.74) is -0.00305. The van der Waals surface area contributed by atoms with Gasteiger partial charge in [0.25, 0.3) is 5.91 Å². The maximum Gasteiger partial charge on any atom is 0.352 e. The molecular weight excluding hydrogens is 502 g/mol. The van der Waals surface area contributed by atoms with Crippen LogP contribution in [0.2, 0.25) is 0 Å². The molecule has 13 nitrogen and oxygen atoms in total. The van der Waals surface area contributed by atoms with Gasteiger partial charge in [-0.2, -0.15) is 0 Å². The number of nitrogens with one attached hydrogen (secondary N) is 1. The van der Waals surface area contributed by atoms with Crippen molar-refractivity contribution in [2.75, 3.05) is 44.9 Å². The number of nitrogens with zero attached hydrogens (tertiary/aromatic N) is 4. The van der Waals surface area contributed by atoms with E-state index in [1.807, 2.05) is 4.90 Å². The number of carbonyl (C=O) groups is 4. The van der Waals surface area contributed by atoms with E-state index in [0.29, 0.717) is 37.1 Å². The van der Waals surface area contributed by atoms with Gasteiger partial charge >= 0.3 is 11.9 Å². The summed E-state index contributed by atoms with van der Waals surface area (Å²) in [6.45, 7) is 3.03. The predicted molar refractivity (Wildman–Crippen MR) is 125 cm³/mol. The topological polar surface area (TPSA) is 160 Å². The van der Waals surface area contributed by atoms with Crippen LogP contribution >= 0.6 is 23.1 Å². The molecule has 1 unspecified atom stereocenters. The van der Waals surface area contributed by atoms with Crippen LogP contribution < -0.4 is 10.2 Å². The first-order valence-corrected chi connectivity index (χ1v) is 12.3. The Kier molecular flexibility index (Phi) is 7.28. The van der Waals surface area contributed by atoms with Gasteiger partial charge in [-0.05, 0) is 0 Å². The lowest BCUT2D eigenvalue weighted by molar-refractivity contribution is -0.146. The van der Waals surface area contributed by atoms with Gasteiger partial charge in [0.15, 0.2) is 10.0 Å². The summed E-state index contributed by atoms with van der Waals surface area (Å²) in [4.78, 5) is 60.2. The average Bonchev–Trinajstić information content (AvgIpc) is 3.32. The molecule has 1 aromatic rings. The monoisotopic (exact) mass is 525 g/mol. The molecule has 4 rings (SSSR count). The number of anilines is 1. The van der Waals surface area contributed by atoms with Crippen LogP contribution in [0.25, 0.3) is 0 Å². The van der Waals surface area contributed by atoms with Crippen LogP contribution in [0.5, 0.6) is 0 Å². The number of ether oxygens (including phenoxy) is 2. The average molecular weight is 526 g/mol. The number of hydrogen-bond acceptors (Lipinski definition) is 12. The second-order valence-electron chi connectivity index (χ2n) is 7.66. The van der Waals surface area contributed by atoms with Crippen LogP contribution in [0.1, 0.15) is 19.0 Å². The molecule has 3 aliphatic rings. The third-order valence-electron chi connectivity index (χ3n) is 5.50. The first-order chi connectivity index (χ1) is 16.8. The Bertz CT molecular complexity index is 1100. The van der Waals surface area contributed by atoms with Crippen molar-refractivity contribution in [2.24, 2.45) is 5.16 Å². The maximum absolute atomic E-state index is 12.8. The SMILES string of the molecule is CON=CC(=O)NC1(c2csc(N3CCOCC3)n2)S[C@@H]2CC(=O)N2C(C(=O)O)=C1COC(C)=O. The van der Waals surface area contributed by atoms with Crippen molar-refractivity contribution in [2.45, 2.75) is 23.6 Å². The Balaban J connectivity index is 1.86. The van der Waals surface area contributed by atoms with Crippen molar-refractivity contribution in [3.63, 3.8) is 0 Å². The molecular formula is C20H23N5O8S2. The number of esters is 1. The Morgan fingerprint density at radius 1 is 1.40 bits per heavy atom. The standard InChI is InChI=1S/C20H23N5O8S2/c1-11(26)33-9-12-17(18(29)30)25-15(28)7-16(25)35-20(12,23-14(27)8-21-31-2)13-10-34-19(22-13)24-3-5-32-6-4-24/h8,10,16H,3-7,9H2,1-2H3,(H,23,27)(H,29,30)/t16-,20?/m1/s1.